The van der Waals surface area contributed by atoms with Gasteiger partial charge in [0.1, 0.15) is 0 Å². The van der Waals surface area contributed by atoms with Gasteiger partial charge in [-0.2, -0.15) is 0 Å². The van der Waals surface area contributed by atoms with Crippen LogP contribution in [0.15, 0.2) is 30.3 Å². The van der Waals surface area contributed by atoms with Crippen LogP contribution in [0.3, 0.4) is 0 Å². The van der Waals surface area contributed by atoms with E-state index in [-0.39, 0.29) is 11.6 Å². The lowest BCUT2D eigenvalue weighted by atomic mass is 9.90. The Morgan fingerprint density at radius 2 is 1.79 bits per heavy atom. The number of nitrogens with zero attached hydrogens (tertiary/aromatic N) is 3. The molecule has 1 saturated carbocycles. The van der Waals surface area contributed by atoms with Gasteiger partial charge in [-0.25, -0.2) is 4.79 Å². The predicted octanol–water partition coefficient (Wildman–Crippen LogP) is 3.31. The van der Waals surface area contributed by atoms with E-state index in [1.807, 2.05) is 18.2 Å². The van der Waals surface area contributed by atoms with E-state index in [2.05, 4.69) is 46.0 Å². The van der Waals surface area contributed by atoms with Gasteiger partial charge in [-0.3, -0.25) is 9.80 Å². The average Bonchev–Trinajstić information content (AvgIpc) is 2.72. The van der Waals surface area contributed by atoms with Crippen molar-refractivity contribution in [2.24, 2.45) is 0 Å². The highest BCUT2D eigenvalue weighted by Gasteiger charge is 2.44. The van der Waals surface area contributed by atoms with Gasteiger partial charge >= 0.3 is 6.03 Å². The first-order chi connectivity index (χ1) is 13.5. The number of hydrogen-bond acceptors (Lipinski definition) is 3. The van der Waals surface area contributed by atoms with Crippen molar-refractivity contribution in [3.8, 4) is 0 Å². The van der Waals surface area contributed by atoms with Gasteiger partial charge in [0.15, 0.2) is 0 Å². The number of carbonyl (C=O) groups excluding carboxylic acids is 1. The van der Waals surface area contributed by atoms with Crippen LogP contribution in [0.1, 0.15) is 51.5 Å². The first-order valence-corrected chi connectivity index (χ1v) is 11.1. The maximum absolute atomic E-state index is 12.9. The Labute approximate surface area is 170 Å². The summed E-state index contributed by atoms with van der Waals surface area (Å²) in [7, 11) is 0. The number of urea groups is 1. The zero-order valence-electron chi connectivity index (χ0n) is 17.6. The predicted molar refractivity (Wildman–Crippen MR) is 113 cm³/mol. The minimum atomic E-state index is 0.0334. The van der Waals surface area contributed by atoms with Crippen molar-refractivity contribution in [1.29, 1.82) is 0 Å². The maximum Gasteiger partial charge on any atom is 0.317 e. The van der Waals surface area contributed by atoms with Crippen molar-refractivity contribution in [3.05, 3.63) is 35.9 Å². The number of benzene rings is 1. The van der Waals surface area contributed by atoms with Crippen molar-refractivity contribution >= 4 is 6.03 Å². The number of rotatable bonds is 3. The van der Waals surface area contributed by atoms with Crippen LogP contribution in [0, 0.1) is 0 Å². The summed E-state index contributed by atoms with van der Waals surface area (Å²) in [5.74, 6) is 0. The molecule has 0 radical (unpaired) electrons. The number of fused-ring (bicyclic) bond motifs is 1. The molecular weight excluding hydrogens is 348 g/mol. The standard InChI is InChI=1S/C23H36N4O/c1-23(2)18-26(22(28)24-15-19-9-5-3-6-10-19)17-21-16-25(13-14-27(21)23)20-11-7-4-8-12-20/h3,5-6,9-10,20-21H,4,7-8,11-18H2,1-2H3,(H,24,28)/t21-/m0/s1. The van der Waals surface area contributed by atoms with Crippen LogP contribution in [0.5, 0.6) is 0 Å². The van der Waals surface area contributed by atoms with Gasteiger partial charge in [0.05, 0.1) is 0 Å². The molecule has 5 heteroatoms. The fourth-order valence-corrected chi connectivity index (χ4v) is 5.53. The number of nitrogens with one attached hydrogen (secondary N) is 1. The van der Waals surface area contributed by atoms with Crippen LogP contribution in [0.25, 0.3) is 0 Å². The van der Waals surface area contributed by atoms with Crippen molar-refractivity contribution in [3.63, 3.8) is 0 Å². The summed E-state index contributed by atoms with van der Waals surface area (Å²) in [5.41, 5.74) is 1.18. The molecule has 1 aromatic carbocycles. The van der Waals surface area contributed by atoms with Gasteiger partial charge in [0, 0.05) is 56.9 Å². The molecule has 2 amide bonds. The lowest BCUT2D eigenvalue weighted by Crippen LogP contribution is -2.71. The van der Waals surface area contributed by atoms with Crippen LogP contribution >= 0.6 is 0 Å². The van der Waals surface area contributed by atoms with E-state index >= 15 is 0 Å². The minimum Gasteiger partial charge on any atom is -0.334 e. The molecule has 28 heavy (non-hydrogen) atoms. The molecule has 3 fully saturated rings. The highest BCUT2D eigenvalue weighted by atomic mass is 16.2. The van der Waals surface area contributed by atoms with E-state index in [1.165, 1.54) is 38.6 Å². The van der Waals surface area contributed by atoms with Crippen molar-refractivity contribution in [2.75, 3.05) is 32.7 Å². The molecule has 0 bridgehead atoms. The Morgan fingerprint density at radius 1 is 1.04 bits per heavy atom. The van der Waals surface area contributed by atoms with E-state index in [0.29, 0.717) is 12.6 Å². The Bertz CT molecular complexity index is 656. The Balaban J connectivity index is 1.38. The average molecular weight is 385 g/mol. The van der Waals surface area contributed by atoms with E-state index < -0.39 is 0 Å². The van der Waals surface area contributed by atoms with Gasteiger partial charge in [-0.1, -0.05) is 49.6 Å². The molecular formula is C23H36N4O. The number of piperazine rings is 2. The monoisotopic (exact) mass is 384 g/mol. The van der Waals surface area contributed by atoms with Gasteiger partial charge < -0.3 is 10.2 Å². The highest BCUT2D eigenvalue weighted by molar-refractivity contribution is 5.74. The van der Waals surface area contributed by atoms with Crippen molar-refractivity contribution in [1.82, 2.24) is 20.0 Å². The molecule has 0 spiro atoms. The molecule has 1 aromatic rings. The smallest absolute Gasteiger partial charge is 0.317 e. The quantitative estimate of drug-likeness (QED) is 0.869. The molecule has 4 rings (SSSR count). The van der Waals surface area contributed by atoms with Gasteiger partial charge in [-0.05, 0) is 32.3 Å². The summed E-state index contributed by atoms with van der Waals surface area (Å²) in [6.45, 7) is 10.3. The summed E-state index contributed by atoms with van der Waals surface area (Å²) >= 11 is 0. The number of amides is 2. The van der Waals surface area contributed by atoms with Crippen molar-refractivity contribution in [2.45, 2.75) is 70.1 Å². The van der Waals surface area contributed by atoms with Crippen LogP contribution in [-0.2, 0) is 6.54 Å². The zero-order valence-corrected chi connectivity index (χ0v) is 17.6. The van der Waals surface area contributed by atoms with Crippen LogP contribution in [0.4, 0.5) is 4.79 Å². The summed E-state index contributed by atoms with van der Waals surface area (Å²) < 4.78 is 0. The topological polar surface area (TPSA) is 38.8 Å². The second-order valence-electron chi connectivity index (χ2n) is 9.47. The third-order valence-electron chi connectivity index (χ3n) is 6.97. The molecule has 154 valence electrons. The SMILES string of the molecule is CC1(C)CN(C(=O)NCc2ccccc2)C[C@@H]2CN(C3CCCCC3)CCN21. The van der Waals surface area contributed by atoms with Gasteiger partial charge in [0.25, 0.3) is 0 Å². The molecule has 2 aliphatic heterocycles. The Hall–Kier alpha value is -1.59. The van der Waals surface area contributed by atoms with Crippen LogP contribution in [0.2, 0.25) is 0 Å². The maximum atomic E-state index is 12.9. The Kier molecular flexibility index (Phi) is 5.93. The molecule has 5 nitrogen and oxygen atoms in total. The third kappa shape index (κ3) is 4.36. The van der Waals surface area contributed by atoms with E-state index in [9.17, 15) is 4.79 Å². The van der Waals surface area contributed by atoms with Crippen LogP contribution in [-0.4, -0.2) is 71.1 Å². The first kappa shape index (κ1) is 19.7. The molecule has 0 unspecified atom stereocenters. The Morgan fingerprint density at radius 3 is 2.54 bits per heavy atom. The molecule has 1 atom stereocenters. The van der Waals surface area contributed by atoms with Crippen LogP contribution < -0.4 is 5.32 Å². The number of hydrogen-bond donors (Lipinski definition) is 1. The molecule has 2 saturated heterocycles. The molecule has 3 aliphatic rings. The number of carbonyl (C=O) groups is 1. The molecule has 2 heterocycles. The van der Waals surface area contributed by atoms with E-state index in [4.69, 9.17) is 0 Å². The van der Waals surface area contributed by atoms with Gasteiger partial charge in [0.2, 0.25) is 0 Å². The summed E-state index contributed by atoms with van der Waals surface area (Å²) in [6, 6.07) is 11.5. The molecule has 1 aliphatic carbocycles. The first-order valence-electron chi connectivity index (χ1n) is 11.1. The highest BCUT2D eigenvalue weighted by Crippen LogP contribution is 2.31. The van der Waals surface area contributed by atoms with Crippen molar-refractivity contribution < 1.29 is 4.79 Å². The fourth-order valence-electron chi connectivity index (χ4n) is 5.53. The summed E-state index contributed by atoms with van der Waals surface area (Å²) in [6.07, 6.45) is 6.89. The van der Waals surface area contributed by atoms with E-state index in [0.717, 1.165) is 37.8 Å². The third-order valence-corrected chi connectivity index (χ3v) is 6.97. The summed E-state index contributed by atoms with van der Waals surface area (Å²) in [5, 5.41) is 3.13. The second-order valence-corrected chi connectivity index (χ2v) is 9.47. The minimum absolute atomic E-state index is 0.0334. The molecule has 0 aromatic heterocycles. The normalized spacial score (nSPS) is 26.6. The second kappa shape index (κ2) is 8.42. The largest absolute Gasteiger partial charge is 0.334 e. The van der Waals surface area contributed by atoms with E-state index in [1.54, 1.807) is 0 Å². The molecule has 1 N–H and O–H groups in total. The zero-order chi connectivity index (χ0) is 19.6. The lowest BCUT2D eigenvalue weighted by Gasteiger charge is -2.56. The lowest BCUT2D eigenvalue weighted by molar-refractivity contribution is -0.0641. The van der Waals surface area contributed by atoms with Gasteiger partial charge in [-0.15, -0.1) is 0 Å². The summed E-state index contributed by atoms with van der Waals surface area (Å²) in [4.78, 5) is 20.3. The fraction of sp³-hybridized carbons (Fsp3) is 0.696.